The molecule has 0 unspecified atom stereocenters. The molecule has 0 aliphatic carbocycles. The van der Waals surface area contributed by atoms with Crippen molar-refractivity contribution in [1.29, 1.82) is 0 Å². The maximum atomic E-state index is 13.1. The number of para-hydroxylation sites is 1. The van der Waals surface area contributed by atoms with Crippen molar-refractivity contribution in [2.24, 2.45) is 0 Å². The summed E-state index contributed by atoms with van der Waals surface area (Å²) < 4.78 is 35.2. The Morgan fingerprint density at radius 1 is 1.09 bits per heavy atom. The summed E-state index contributed by atoms with van der Waals surface area (Å²) in [5.74, 6) is 4.11. The van der Waals surface area contributed by atoms with Crippen LogP contribution in [0.5, 0.6) is 11.5 Å². The molecule has 0 saturated carbocycles. The molecule has 0 aliphatic rings. The Hall–Kier alpha value is -3.60. The monoisotopic (exact) mass is 470 g/mol. The minimum atomic E-state index is -0.462. The van der Waals surface area contributed by atoms with Crippen molar-refractivity contribution in [3.8, 4) is 28.8 Å². The van der Waals surface area contributed by atoms with Crippen LogP contribution in [-0.4, -0.2) is 44.7 Å². The van der Waals surface area contributed by atoms with Crippen molar-refractivity contribution in [3.63, 3.8) is 0 Å². The number of benzene rings is 1. The molecule has 0 bridgehead atoms. The quantitative estimate of drug-likeness (QED) is 0.350. The van der Waals surface area contributed by atoms with Crippen molar-refractivity contribution in [3.05, 3.63) is 60.1 Å². The number of ether oxygens (including phenoxy) is 2. The first kappa shape index (κ1) is 22.6. The summed E-state index contributed by atoms with van der Waals surface area (Å²) in [5.41, 5.74) is 0.634. The largest absolute Gasteiger partial charge is 0.494 e. The van der Waals surface area contributed by atoms with E-state index in [-0.39, 0.29) is 5.92 Å². The lowest BCUT2D eigenvalue weighted by Gasteiger charge is -2.17. The number of rotatable bonds is 9. The van der Waals surface area contributed by atoms with E-state index in [1.54, 1.807) is 18.8 Å². The van der Waals surface area contributed by atoms with Crippen LogP contribution in [0.15, 0.2) is 47.1 Å². The van der Waals surface area contributed by atoms with Gasteiger partial charge in [-0.2, -0.15) is 0 Å². The van der Waals surface area contributed by atoms with Crippen molar-refractivity contribution >= 4 is 17.9 Å². The minimum absolute atomic E-state index is 0.0209. The lowest BCUT2D eigenvalue weighted by molar-refractivity contribution is 0.391. The van der Waals surface area contributed by atoms with E-state index in [0.717, 1.165) is 5.76 Å². The topological polar surface area (TPSA) is 100 Å². The first-order chi connectivity index (χ1) is 16.0. The molecule has 172 valence electrons. The number of hydrogen-bond acceptors (Lipinski definition) is 9. The molecule has 1 N–H and O–H groups in total. The molecule has 9 nitrogen and oxygen atoms in total. The molecule has 11 heteroatoms. The highest BCUT2D eigenvalue weighted by molar-refractivity contribution is 8.00. The molecule has 0 amide bonds. The van der Waals surface area contributed by atoms with Crippen LogP contribution in [0.1, 0.15) is 24.4 Å². The lowest BCUT2D eigenvalue weighted by atomic mass is 10.2. The summed E-state index contributed by atoms with van der Waals surface area (Å²) in [6.45, 7) is 3.83. The van der Waals surface area contributed by atoms with Gasteiger partial charge >= 0.3 is 0 Å². The van der Waals surface area contributed by atoms with E-state index in [1.807, 2.05) is 44.2 Å². The van der Waals surface area contributed by atoms with Gasteiger partial charge in [0.05, 0.1) is 26.6 Å². The molecule has 0 saturated heterocycles. The van der Waals surface area contributed by atoms with E-state index >= 15 is 0 Å². The van der Waals surface area contributed by atoms with E-state index in [9.17, 15) is 4.39 Å². The number of halogens is 1. The molecule has 1 aromatic carbocycles. The van der Waals surface area contributed by atoms with Crippen molar-refractivity contribution in [2.75, 3.05) is 24.7 Å². The molecule has 3 aromatic heterocycles. The lowest BCUT2D eigenvalue weighted by Crippen LogP contribution is -2.08. The van der Waals surface area contributed by atoms with Gasteiger partial charge in [0.2, 0.25) is 11.8 Å². The van der Waals surface area contributed by atoms with Gasteiger partial charge in [0.25, 0.3) is 0 Å². The molecular formula is C22H23FN6O3S. The summed E-state index contributed by atoms with van der Waals surface area (Å²) in [7, 11) is 3.18. The predicted molar refractivity (Wildman–Crippen MR) is 123 cm³/mol. The van der Waals surface area contributed by atoms with Crippen molar-refractivity contribution in [1.82, 2.24) is 24.7 Å². The van der Waals surface area contributed by atoms with E-state index < -0.39 is 5.82 Å². The van der Waals surface area contributed by atoms with Crippen LogP contribution < -0.4 is 14.2 Å². The minimum Gasteiger partial charge on any atom is -0.494 e. The van der Waals surface area contributed by atoms with Gasteiger partial charge < -0.3 is 13.9 Å². The van der Waals surface area contributed by atoms with Crippen molar-refractivity contribution < 1.29 is 18.3 Å². The smallest absolute Gasteiger partial charge is 0.239 e. The second-order valence-corrected chi connectivity index (χ2v) is 8.00. The molecule has 4 rings (SSSR count). The van der Waals surface area contributed by atoms with Crippen LogP contribution >= 0.6 is 11.9 Å². The molecule has 0 spiro atoms. The summed E-state index contributed by atoms with van der Waals surface area (Å²) >= 11 is 1.40. The van der Waals surface area contributed by atoms with Gasteiger partial charge in [0.15, 0.2) is 11.6 Å². The molecule has 1 atom stereocenters. The number of furan rings is 1. The predicted octanol–water partition coefficient (Wildman–Crippen LogP) is 4.65. The fourth-order valence-electron chi connectivity index (χ4n) is 3.21. The number of anilines is 1. The van der Waals surface area contributed by atoms with E-state index in [2.05, 4.69) is 24.9 Å². The first-order valence-electron chi connectivity index (χ1n) is 10.1. The molecule has 0 aliphatic heterocycles. The average molecular weight is 471 g/mol. The van der Waals surface area contributed by atoms with Crippen LogP contribution in [0.25, 0.3) is 17.3 Å². The Morgan fingerprint density at radius 3 is 2.39 bits per heavy atom. The molecule has 0 radical (unpaired) electrons. The average Bonchev–Trinajstić information content (AvgIpc) is 3.44. The van der Waals surface area contributed by atoms with Crippen LogP contribution in [0, 0.1) is 12.7 Å². The zero-order valence-corrected chi connectivity index (χ0v) is 19.4. The maximum Gasteiger partial charge on any atom is 0.239 e. The highest BCUT2D eigenvalue weighted by Gasteiger charge is 2.24. The Bertz CT molecular complexity index is 1210. The normalized spacial score (nSPS) is 11.9. The van der Waals surface area contributed by atoms with Gasteiger partial charge in [-0.15, -0.1) is 10.2 Å². The number of aryl methyl sites for hydroxylation is 1. The number of methoxy groups -OCH3 is 2. The number of aromatic nitrogens is 5. The third kappa shape index (κ3) is 4.77. The fourth-order valence-corrected chi connectivity index (χ4v) is 3.95. The van der Waals surface area contributed by atoms with Crippen LogP contribution in [-0.2, 0) is 0 Å². The molecule has 4 aromatic rings. The van der Waals surface area contributed by atoms with Gasteiger partial charge in [-0.1, -0.05) is 13.0 Å². The fraction of sp³-hybridized carbons (Fsp3) is 0.273. The molecule has 0 fully saturated rings. The molecule has 3 heterocycles. The van der Waals surface area contributed by atoms with Gasteiger partial charge in [-0.3, -0.25) is 9.29 Å². The SMILES string of the molecule is COc1cccc(OC)c1-n1c(NSC[C@@H](C)c2ncc(F)cn2)nnc1-c1ccc(C)o1. The summed E-state index contributed by atoms with van der Waals surface area (Å²) in [6, 6.07) is 9.21. The Morgan fingerprint density at radius 2 is 1.79 bits per heavy atom. The molecule has 33 heavy (non-hydrogen) atoms. The zero-order valence-electron chi connectivity index (χ0n) is 18.6. The Balaban J connectivity index is 1.67. The van der Waals surface area contributed by atoms with Gasteiger partial charge in [0, 0.05) is 11.7 Å². The number of nitrogens with zero attached hydrogens (tertiary/aromatic N) is 5. The number of nitrogens with one attached hydrogen (secondary N) is 1. The van der Waals surface area contributed by atoms with Gasteiger partial charge in [0.1, 0.15) is 28.8 Å². The number of hydrogen-bond donors (Lipinski definition) is 1. The third-order valence-corrected chi connectivity index (χ3v) is 5.82. The van der Waals surface area contributed by atoms with Crippen LogP contribution in [0.3, 0.4) is 0 Å². The Labute approximate surface area is 194 Å². The summed E-state index contributed by atoms with van der Waals surface area (Å²) in [6.07, 6.45) is 2.33. The first-order valence-corrected chi connectivity index (χ1v) is 11.1. The second-order valence-electron chi connectivity index (χ2n) is 7.18. The standard InChI is InChI=1S/C22H23FN6O3S/c1-13(20-24-10-15(23)11-25-20)12-33-28-22-27-26-21(18-9-8-14(2)32-18)29(22)19-16(30-3)6-5-7-17(19)31-4/h5-11,13H,12H2,1-4H3,(H,27,28)/t13-/m1/s1. The zero-order chi connectivity index (χ0) is 23.4. The van der Waals surface area contributed by atoms with E-state index in [4.69, 9.17) is 13.9 Å². The second kappa shape index (κ2) is 9.90. The van der Waals surface area contributed by atoms with Crippen LogP contribution in [0.4, 0.5) is 10.3 Å². The third-order valence-electron chi connectivity index (χ3n) is 4.83. The van der Waals surface area contributed by atoms with E-state index in [0.29, 0.717) is 46.3 Å². The maximum absolute atomic E-state index is 13.1. The Kier molecular flexibility index (Phi) is 6.78. The highest BCUT2D eigenvalue weighted by atomic mass is 32.2. The summed E-state index contributed by atoms with van der Waals surface area (Å²) in [5, 5.41) is 8.70. The van der Waals surface area contributed by atoms with Gasteiger partial charge in [-0.25, -0.2) is 14.4 Å². The van der Waals surface area contributed by atoms with Crippen LogP contribution in [0.2, 0.25) is 0 Å². The highest BCUT2D eigenvalue weighted by Crippen LogP contribution is 2.38. The van der Waals surface area contributed by atoms with E-state index in [1.165, 1.54) is 24.3 Å². The molecular weight excluding hydrogens is 447 g/mol. The van der Waals surface area contributed by atoms with Crippen molar-refractivity contribution in [2.45, 2.75) is 19.8 Å². The van der Waals surface area contributed by atoms with Gasteiger partial charge in [-0.05, 0) is 43.1 Å². The summed E-state index contributed by atoms with van der Waals surface area (Å²) in [4.78, 5) is 8.11.